The third-order valence-corrected chi connectivity index (χ3v) is 5.35. The molecule has 2 unspecified atom stereocenters. The number of nitrogens with zero attached hydrogens (tertiary/aromatic N) is 5. The molecule has 2 aromatic rings. The highest BCUT2D eigenvalue weighted by Gasteiger charge is 2.37. The van der Waals surface area contributed by atoms with E-state index in [9.17, 15) is 9.59 Å². The van der Waals surface area contributed by atoms with Crippen molar-refractivity contribution in [2.24, 2.45) is 21.6 Å². The van der Waals surface area contributed by atoms with Crippen LogP contribution in [0.25, 0.3) is 5.57 Å². The highest BCUT2D eigenvalue weighted by molar-refractivity contribution is 6.42. The topological polar surface area (TPSA) is 130 Å². The van der Waals surface area contributed by atoms with E-state index in [0.29, 0.717) is 36.4 Å². The van der Waals surface area contributed by atoms with Gasteiger partial charge in [0.25, 0.3) is 5.91 Å². The Balaban J connectivity index is 1.48. The van der Waals surface area contributed by atoms with Crippen LogP contribution in [-0.2, 0) is 17.9 Å². The summed E-state index contributed by atoms with van der Waals surface area (Å²) < 4.78 is 0. The van der Waals surface area contributed by atoms with Crippen molar-refractivity contribution in [3.63, 3.8) is 0 Å². The van der Waals surface area contributed by atoms with Gasteiger partial charge in [0.2, 0.25) is 5.96 Å². The predicted octanol–water partition coefficient (Wildman–Crippen LogP) is 0.867. The highest BCUT2D eigenvalue weighted by atomic mass is 16.2. The average molecular weight is 387 g/mol. The minimum Gasteiger partial charge on any atom is -0.368 e. The SMILES string of the molecule is NC1=NC2C=CC(c3nn[nH]c3C=O)=CC2C(C(=O)N2Cc3ccccc3C2)=N1. The summed E-state index contributed by atoms with van der Waals surface area (Å²) in [5.41, 5.74) is 9.89. The first-order valence-corrected chi connectivity index (χ1v) is 9.18. The predicted molar refractivity (Wildman–Crippen MR) is 106 cm³/mol. The number of H-pyrrole nitrogens is 1. The van der Waals surface area contributed by atoms with E-state index in [1.165, 1.54) is 0 Å². The maximum absolute atomic E-state index is 13.3. The number of aliphatic imine (C=N–C) groups is 2. The van der Waals surface area contributed by atoms with E-state index in [2.05, 4.69) is 25.4 Å². The maximum Gasteiger partial charge on any atom is 0.269 e. The van der Waals surface area contributed by atoms with Gasteiger partial charge in [-0.1, -0.05) is 47.7 Å². The van der Waals surface area contributed by atoms with Gasteiger partial charge in [0.1, 0.15) is 17.1 Å². The Morgan fingerprint density at radius 3 is 2.72 bits per heavy atom. The molecule has 3 aliphatic rings. The molecule has 0 fully saturated rings. The van der Waals surface area contributed by atoms with E-state index < -0.39 is 5.92 Å². The third kappa shape index (κ3) is 2.87. The number of amides is 1. The first kappa shape index (κ1) is 17.2. The van der Waals surface area contributed by atoms with Crippen molar-refractivity contribution in [1.29, 1.82) is 0 Å². The molecule has 3 heterocycles. The molecule has 0 saturated heterocycles. The second-order valence-electron chi connectivity index (χ2n) is 7.10. The molecule has 0 saturated carbocycles. The molecule has 0 radical (unpaired) electrons. The molecule has 1 aliphatic carbocycles. The van der Waals surface area contributed by atoms with Crippen molar-refractivity contribution in [2.45, 2.75) is 19.1 Å². The van der Waals surface area contributed by atoms with E-state index in [4.69, 9.17) is 5.73 Å². The van der Waals surface area contributed by atoms with Crippen LogP contribution in [0, 0.1) is 5.92 Å². The third-order valence-electron chi connectivity index (χ3n) is 5.35. The second kappa shape index (κ2) is 6.62. The molecular formula is C20H17N7O2. The quantitative estimate of drug-likeness (QED) is 0.755. The van der Waals surface area contributed by atoms with Crippen LogP contribution < -0.4 is 5.73 Å². The number of aldehydes is 1. The van der Waals surface area contributed by atoms with Crippen molar-refractivity contribution in [3.05, 3.63) is 65.0 Å². The summed E-state index contributed by atoms with van der Waals surface area (Å²) in [5, 5.41) is 10.2. The molecule has 3 N–H and O–H groups in total. The Bertz CT molecular complexity index is 1120. The lowest BCUT2D eigenvalue weighted by molar-refractivity contribution is -0.124. The number of guanidine groups is 1. The molecule has 2 atom stereocenters. The van der Waals surface area contributed by atoms with Crippen LogP contribution in [0.5, 0.6) is 0 Å². The number of nitrogens with one attached hydrogen (secondary N) is 1. The summed E-state index contributed by atoms with van der Waals surface area (Å²) in [6, 6.07) is 7.66. The Labute approximate surface area is 165 Å². The highest BCUT2D eigenvalue weighted by Crippen LogP contribution is 2.31. The van der Waals surface area contributed by atoms with Gasteiger partial charge in [-0.15, -0.1) is 5.10 Å². The lowest BCUT2D eigenvalue weighted by Crippen LogP contribution is -2.43. The van der Waals surface area contributed by atoms with Crippen molar-refractivity contribution in [1.82, 2.24) is 20.3 Å². The molecule has 29 heavy (non-hydrogen) atoms. The van der Waals surface area contributed by atoms with Gasteiger partial charge in [-0.05, 0) is 11.1 Å². The normalized spacial score (nSPS) is 22.3. The molecule has 0 bridgehead atoms. The van der Waals surface area contributed by atoms with E-state index in [-0.39, 0.29) is 23.6 Å². The second-order valence-corrected chi connectivity index (χ2v) is 7.10. The molecule has 1 aromatic heterocycles. The molecular weight excluding hydrogens is 370 g/mol. The maximum atomic E-state index is 13.3. The number of hydrogen-bond acceptors (Lipinski definition) is 7. The molecule has 144 valence electrons. The van der Waals surface area contributed by atoms with Gasteiger partial charge in [0, 0.05) is 18.7 Å². The van der Waals surface area contributed by atoms with Gasteiger partial charge in [0.05, 0.1) is 12.0 Å². The summed E-state index contributed by atoms with van der Waals surface area (Å²) in [5.74, 6) is -0.478. The number of fused-ring (bicyclic) bond motifs is 2. The number of benzene rings is 1. The minimum atomic E-state index is -0.394. The molecule has 2 aliphatic heterocycles. The van der Waals surface area contributed by atoms with E-state index in [0.717, 1.165) is 11.1 Å². The Kier molecular flexibility index (Phi) is 3.94. The van der Waals surface area contributed by atoms with Crippen molar-refractivity contribution < 1.29 is 9.59 Å². The molecule has 1 aromatic carbocycles. The summed E-state index contributed by atoms with van der Waals surface area (Å²) in [7, 11) is 0. The van der Waals surface area contributed by atoms with Gasteiger partial charge < -0.3 is 10.6 Å². The molecule has 0 spiro atoms. The van der Waals surface area contributed by atoms with Crippen LogP contribution in [-0.4, -0.2) is 50.2 Å². The first-order valence-electron chi connectivity index (χ1n) is 9.18. The van der Waals surface area contributed by atoms with Gasteiger partial charge >= 0.3 is 0 Å². The smallest absolute Gasteiger partial charge is 0.269 e. The molecule has 1 amide bonds. The van der Waals surface area contributed by atoms with Gasteiger partial charge in [-0.2, -0.15) is 0 Å². The fraction of sp³-hybridized carbons (Fsp3) is 0.200. The van der Waals surface area contributed by atoms with Crippen LogP contribution in [0.15, 0.2) is 52.5 Å². The number of carbonyl (C=O) groups is 2. The van der Waals surface area contributed by atoms with Gasteiger partial charge in [0.15, 0.2) is 6.29 Å². The zero-order valence-corrected chi connectivity index (χ0v) is 15.3. The van der Waals surface area contributed by atoms with Crippen LogP contribution >= 0.6 is 0 Å². The number of allylic oxidation sites excluding steroid dienone is 2. The summed E-state index contributed by atoms with van der Waals surface area (Å²) in [6.45, 7) is 1.07. The Morgan fingerprint density at radius 2 is 2.00 bits per heavy atom. The monoisotopic (exact) mass is 387 g/mol. The number of aromatic amines is 1. The fourth-order valence-corrected chi connectivity index (χ4v) is 3.93. The lowest BCUT2D eigenvalue weighted by Gasteiger charge is -2.29. The zero-order valence-electron chi connectivity index (χ0n) is 15.3. The van der Waals surface area contributed by atoms with E-state index in [1.807, 2.05) is 42.5 Å². The number of carbonyl (C=O) groups excluding carboxylic acids is 2. The lowest BCUT2D eigenvalue weighted by atomic mass is 9.85. The number of hydrogen-bond donors (Lipinski definition) is 2. The standard InChI is InChI=1S/C20H17N7O2/c21-20-22-15-6-5-11(17-16(10-28)24-26-25-17)7-14(15)18(23-20)19(29)27-8-12-3-1-2-4-13(12)9-27/h1-7,10,14-15H,8-9H2,(H2,21,22)(H,24,25,26). The van der Waals surface area contributed by atoms with Crippen molar-refractivity contribution >= 4 is 29.4 Å². The Morgan fingerprint density at radius 1 is 1.24 bits per heavy atom. The van der Waals surface area contributed by atoms with Crippen LogP contribution in [0.3, 0.4) is 0 Å². The molecule has 9 nitrogen and oxygen atoms in total. The summed E-state index contributed by atoms with van der Waals surface area (Å²) >= 11 is 0. The summed E-state index contributed by atoms with van der Waals surface area (Å²) in [4.78, 5) is 35.0. The van der Waals surface area contributed by atoms with Crippen LogP contribution in [0.2, 0.25) is 0 Å². The Hall–Kier alpha value is -3.88. The summed E-state index contributed by atoms with van der Waals surface area (Å²) in [6.07, 6.45) is 6.17. The van der Waals surface area contributed by atoms with Gasteiger partial charge in [-0.3, -0.25) is 14.7 Å². The number of aromatic nitrogens is 3. The van der Waals surface area contributed by atoms with Crippen LogP contribution in [0.1, 0.15) is 27.3 Å². The zero-order chi connectivity index (χ0) is 20.0. The average Bonchev–Trinajstić information content (AvgIpc) is 3.39. The van der Waals surface area contributed by atoms with Gasteiger partial charge in [-0.25, -0.2) is 9.98 Å². The van der Waals surface area contributed by atoms with Crippen molar-refractivity contribution in [2.75, 3.05) is 0 Å². The van der Waals surface area contributed by atoms with Crippen molar-refractivity contribution in [3.8, 4) is 0 Å². The number of nitrogens with two attached hydrogens (primary N) is 1. The fourth-order valence-electron chi connectivity index (χ4n) is 3.93. The molecule has 5 rings (SSSR count). The first-order chi connectivity index (χ1) is 14.1. The van der Waals surface area contributed by atoms with Crippen LogP contribution in [0.4, 0.5) is 0 Å². The largest absolute Gasteiger partial charge is 0.368 e. The number of rotatable bonds is 3. The minimum absolute atomic E-state index is 0.0860. The molecule has 9 heteroatoms. The van der Waals surface area contributed by atoms with E-state index in [1.54, 1.807) is 4.90 Å². The van der Waals surface area contributed by atoms with E-state index >= 15 is 0 Å².